The summed E-state index contributed by atoms with van der Waals surface area (Å²) >= 11 is 0. The van der Waals surface area contributed by atoms with Crippen LogP contribution in [0.3, 0.4) is 0 Å². The predicted molar refractivity (Wildman–Crippen MR) is 70.4 cm³/mol. The molecule has 0 atom stereocenters. The number of aromatic nitrogens is 1. The summed E-state index contributed by atoms with van der Waals surface area (Å²) in [5.41, 5.74) is 5.06. The number of aromatic amines is 1. The molecule has 1 heterocycles. The molecule has 2 nitrogen and oxygen atoms in total. The van der Waals surface area contributed by atoms with Crippen molar-refractivity contribution in [3.05, 3.63) is 47.3 Å². The lowest BCUT2D eigenvalue weighted by Crippen LogP contribution is -1.87. The van der Waals surface area contributed by atoms with Gasteiger partial charge < -0.3 is 4.98 Å². The second kappa shape index (κ2) is 4.58. The molecule has 0 bridgehead atoms. The van der Waals surface area contributed by atoms with Crippen LogP contribution < -0.4 is 0 Å². The number of hydrogen-bond donors (Lipinski definition) is 1. The summed E-state index contributed by atoms with van der Waals surface area (Å²) < 4.78 is 0. The normalized spacial score (nSPS) is 10.8. The molecule has 88 valence electrons. The Balaban J connectivity index is 2.50. The standard InChI is InChI=1S/C15H17NO/c1-10(2)14-8-13(15(9-17)16-14)12-6-4-11(3)5-7-12/h4-10,16H,1-3H3. The molecule has 1 aromatic carbocycles. The zero-order valence-corrected chi connectivity index (χ0v) is 10.4. The predicted octanol–water partition coefficient (Wildman–Crippen LogP) is 3.93. The third kappa shape index (κ3) is 2.31. The van der Waals surface area contributed by atoms with Crippen molar-refractivity contribution in [2.24, 2.45) is 0 Å². The summed E-state index contributed by atoms with van der Waals surface area (Å²) in [6.07, 6.45) is 0.890. The SMILES string of the molecule is Cc1ccc(-c2cc(C(C)C)[nH]c2C=O)cc1. The van der Waals surface area contributed by atoms with Gasteiger partial charge in [-0.1, -0.05) is 43.7 Å². The van der Waals surface area contributed by atoms with Crippen molar-refractivity contribution in [2.45, 2.75) is 26.7 Å². The summed E-state index contributed by atoms with van der Waals surface area (Å²) in [5, 5.41) is 0. The van der Waals surface area contributed by atoms with E-state index in [1.807, 2.05) is 0 Å². The molecule has 17 heavy (non-hydrogen) atoms. The van der Waals surface area contributed by atoms with Gasteiger partial charge in [-0.05, 0) is 24.5 Å². The second-order valence-corrected chi connectivity index (χ2v) is 4.69. The van der Waals surface area contributed by atoms with Crippen LogP contribution in [0, 0.1) is 6.92 Å². The van der Waals surface area contributed by atoms with E-state index in [4.69, 9.17) is 0 Å². The first kappa shape index (κ1) is 11.6. The molecule has 0 saturated carbocycles. The van der Waals surface area contributed by atoms with E-state index in [9.17, 15) is 4.79 Å². The van der Waals surface area contributed by atoms with Crippen molar-refractivity contribution < 1.29 is 4.79 Å². The van der Waals surface area contributed by atoms with Crippen molar-refractivity contribution in [3.8, 4) is 11.1 Å². The molecule has 0 aliphatic rings. The summed E-state index contributed by atoms with van der Waals surface area (Å²) in [6, 6.07) is 10.3. The molecular weight excluding hydrogens is 210 g/mol. The van der Waals surface area contributed by atoms with Crippen molar-refractivity contribution >= 4 is 6.29 Å². The minimum Gasteiger partial charge on any atom is -0.356 e. The molecular formula is C15H17NO. The maximum Gasteiger partial charge on any atom is 0.166 e. The summed E-state index contributed by atoms with van der Waals surface area (Å²) in [4.78, 5) is 14.2. The van der Waals surface area contributed by atoms with Gasteiger partial charge in [-0.2, -0.15) is 0 Å². The lowest BCUT2D eigenvalue weighted by atomic mass is 10.0. The van der Waals surface area contributed by atoms with E-state index in [1.165, 1.54) is 5.56 Å². The van der Waals surface area contributed by atoms with E-state index in [1.54, 1.807) is 0 Å². The Morgan fingerprint density at radius 2 is 1.82 bits per heavy atom. The van der Waals surface area contributed by atoms with Gasteiger partial charge in [-0.25, -0.2) is 0 Å². The molecule has 0 amide bonds. The van der Waals surface area contributed by atoms with Crippen LogP contribution in [0.5, 0.6) is 0 Å². The van der Waals surface area contributed by atoms with Gasteiger partial charge in [0.15, 0.2) is 6.29 Å². The molecule has 0 radical (unpaired) electrons. The van der Waals surface area contributed by atoms with E-state index >= 15 is 0 Å². The highest BCUT2D eigenvalue weighted by molar-refractivity contribution is 5.86. The Morgan fingerprint density at radius 3 is 2.35 bits per heavy atom. The molecule has 2 heteroatoms. The van der Waals surface area contributed by atoms with Gasteiger partial charge in [-0.15, -0.1) is 0 Å². The van der Waals surface area contributed by atoms with Gasteiger partial charge in [0.05, 0.1) is 5.69 Å². The number of rotatable bonds is 3. The number of carbonyl (C=O) groups is 1. The van der Waals surface area contributed by atoms with Crippen LogP contribution in [-0.2, 0) is 0 Å². The third-order valence-corrected chi connectivity index (χ3v) is 2.97. The minimum atomic E-state index is 0.396. The Hall–Kier alpha value is -1.83. The Labute approximate surface area is 102 Å². The van der Waals surface area contributed by atoms with Crippen LogP contribution >= 0.6 is 0 Å². The minimum absolute atomic E-state index is 0.396. The fraction of sp³-hybridized carbons (Fsp3) is 0.267. The lowest BCUT2D eigenvalue weighted by molar-refractivity contribution is 0.112. The van der Waals surface area contributed by atoms with Crippen LogP contribution in [0.4, 0.5) is 0 Å². The van der Waals surface area contributed by atoms with Crippen molar-refractivity contribution in [2.75, 3.05) is 0 Å². The third-order valence-electron chi connectivity index (χ3n) is 2.97. The number of aryl methyl sites for hydroxylation is 1. The topological polar surface area (TPSA) is 32.9 Å². The van der Waals surface area contributed by atoms with Gasteiger partial charge in [0.25, 0.3) is 0 Å². The first-order valence-corrected chi connectivity index (χ1v) is 5.87. The molecule has 0 fully saturated rings. The fourth-order valence-corrected chi connectivity index (χ4v) is 1.87. The van der Waals surface area contributed by atoms with Gasteiger partial charge in [0, 0.05) is 11.3 Å². The maximum atomic E-state index is 11.1. The number of nitrogens with one attached hydrogen (secondary N) is 1. The Bertz CT molecular complexity index is 520. The largest absolute Gasteiger partial charge is 0.356 e. The van der Waals surface area contributed by atoms with Crippen LogP contribution in [0.2, 0.25) is 0 Å². The zero-order chi connectivity index (χ0) is 12.4. The molecule has 0 aliphatic heterocycles. The number of hydrogen-bond acceptors (Lipinski definition) is 1. The average molecular weight is 227 g/mol. The van der Waals surface area contributed by atoms with Crippen LogP contribution in [0.25, 0.3) is 11.1 Å². The van der Waals surface area contributed by atoms with E-state index in [-0.39, 0.29) is 0 Å². The highest BCUT2D eigenvalue weighted by atomic mass is 16.1. The highest BCUT2D eigenvalue weighted by Gasteiger charge is 2.11. The van der Waals surface area contributed by atoms with E-state index in [0.717, 1.165) is 23.1 Å². The number of aldehydes is 1. The smallest absolute Gasteiger partial charge is 0.166 e. The molecule has 0 spiro atoms. The van der Waals surface area contributed by atoms with Gasteiger partial charge in [0.1, 0.15) is 0 Å². The van der Waals surface area contributed by atoms with Crippen molar-refractivity contribution in [1.29, 1.82) is 0 Å². The van der Waals surface area contributed by atoms with Gasteiger partial charge >= 0.3 is 0 Å². The molecule has 1 N–H and O–H groups in total. The zero-order valence-electron chi connectivity index (χ0n) is 10.4. The number of H-pyrrole nitrogens is 1. The highest BCUT2D eigenvalue weighted by Crippen LogP contribution is 2.27. The van der Waals surface area contributed by atoms with Crippen molar-refractivity contribution in [1.82, 2.24) is 4.98 Å². The Kier molecular flexibility index (Phi) is 3.14. The van der Waals surface area contributed by atoms with Crippen LogP contribution in [-0.4, -0.2) is 11.3 Å². The molecule has 0 saturated heterocycles. The monoisotopic (exact) mass is 227 g/mol. The molecule has 2 aromatic rings. The fourth-order valence-electron chi connectivity index (χ4n) is 1.87. The summed E-state index contributed by atoms with van der Waals surface area (Å²) in [6.45, 7) is 6.28. The maximum absolute atomic E-state index is 11.1. The van der Waals surface area contributed by atoms with Crippen LogP contribution in [0.15, 0.2) is 30.3 Å². The quantitative estimate of drug-likeness (QED) is 0.792. The molecule has 1 aromatic heterocycles. The number of benzene rings is 1. The van der Waals surface area contributed by atoms with Crippen molar-refractivity contribution in [3.63, 3.8) is 0 Å². The number of carbonyl (C=O) groups excluding carboxylic acids is 1. The van der Waals surface area contributed by atoms with E-state index < -0.39 is 0 Å². The Morgan fingerprint density at radius 1 is 1.18 bits per heavy atom. The van der Waals surface area contributed by atoms with E-state index in [0.29, 0.717) is 11.6 Å². The van der Waals surface area contributed by atoms with Crippen LogP contribution in [0.1, 0.15) is 41.5 Å². The molecule has 2 rings (SSSR count). The molecule has 0 aliphatic carbocycles. The average Bonchev–Trinajstić information content (AvgIpc) is 2.74. The summed E-state index contributed by atoms with van der Waals surface area (Å²) in [7, 11) is 0. The summed E-state index contributed by atoms with van der Waals surface area (Å²) in [5.74, 6) is 0.396. The molecule has 0 unspecified atom stereocenters. The van der Waals surface area contributed by atoms with Gasteiger partial charge in [-0.3, -0.25) is 4.79 Å². The first-order valence-electron chi connectivity index (χ1n) is 5.87. The lowest BCUT2D eigenvalue weighted by Gasteiger charge is -2.00. The second-order valence-electron chi connectivity index (χ2n) is 4.69. The first-order chi connectivity index (χ1) is 8.11. The van der Waals surface area contributed by atoms with Gasteiger partial charge in [0.2, 0.25) is 0 Å². The van der Waals surface area contributed by atoms with E-state index in [2.05, 4.69) is 56.1 Å².